The summed E-state index contributed by atoms with van der Waals surface area (Å²) >= 11 is 2.64. The number of allylic oxidation sites excluding steroid dienone is 4. The maximum atomic E-state index is 12.9. The molecular formula is C11H11BrF6N2O3. The highest BCUT2D eigenvalue weighted by molar-refractivity contribution is 9.11. The van der Waals surface area contributed by atoms with Gasteiger partial charge in [-0.15, -0.1) is 0 Å². The van der Waals surface area contributed by atoms with Gasteiger partial charge in [-0.2, -0.15) is 31.4 Å². The third kappa shape index (κ3) is 5.86. The number of alkyl halides is 6. The molecule has 0 heterocycles. The Bertz CT molecular complexity index is 527. The molecule has 0 unspecified atom stereocenters. The topological polar surface area (TPSA) is 49.9 Å². The molecule has 0 aliphatic rings. The third-order valence-electron chi connectivity index (χ3n) is 2.48. The number of rotatable bonds is 5. The van der Waals surface area contributed by atoms with E-state index in [0.717, 1.165) is 21.1 Å². The lowest BCUT2D eigenvalue weighted by molar-refractivity contribution is -0.183. The van der Waals surface area contributed by atoms with Crippen LogP contribution in [0.1, 0.15) is 6.92 Å². The van der Waals surface area contributed by atoms with Crippen molar-refractivity contribution in [3.05, 3.63) is 22.0 Å². The van der Waals surface area contributed by atoms with Crippen molar-refractivity contribution in [1.29, 1.82) is 0 Å². The van der Waals surface area contributed by atoms with E-state index < -0.39 is 34.1 Å². The van der Waals surface area contributed by atoms with Gasteiger partial charge in [0.15, 0.2) is 5.70 Å². The minimum atomic E-state index is -5.19. The van der Waals surface area contributed by atoms with Crippen molar-refractivity contribution in [2.24, 2.45) is 0 Å². The Kier molecular flexibility index (Phi) is 7.28. The molecule has 132 valence electrons. The maximum Gasteiger partial charge on any atom is 0.471 e. The lowest BCUT2D eigenvalue weighted by atomic mass is 10.3. The number of halogens is 7. The zero-order valence-electron chi connectivity index (χ0n) is 11.9. The normalized spacial score (nSPS) is 14.3. The van der Waals surface area contributed by atoms with Crippen LogP contribution in [0.5, 0.6) is 0 Å². The first kappa shape index (κ1) is 21.4. The summed E-state index contributed by atoms with van der Waals surface area (Å²) in [6.45, 7) is 0.982. The highest BCUT2D eigenvalue weighted by Gasteiger charge is 2.42. The molecule has 0 spiro atoms. The number of nitrogens with zero attached hydrogens (tertiary/aromatic N) is 2. The van der Waals surface area contributed by atoms with Crippen molar-refractivity contribution in [2.45, 2.75) is 19.3 Å². The van der Waals surface area contributed by atoms with Crippen LogP contribution in [0.15, 0.2) is 22.0 Å². The highest BCUT2D eigenvalue weighted by Crippen LogP contribution is 2.31. The van der Waals surface area contributed by atoms with E-state index in [2.05, 4.69) is 20.8 Å². The van der Waals surface area contributed by atoms with E-state index in [1.54, 1.807) is 0 Å². The number of carbonyl (C=O) groups is 2. The van der Waals surface area contributed by atoms with Crippen molar-refractivity contribution in [1.82, 2.24) is 9.96 Å². The fraction of sp³-hybridized carbons (Fsp3) is 0.455. The number of carbonyl (C=O) groups excluding carboxylic acids is 2. The number of hydroxylamine groups is 2. The average Bonchev–Trinajstić information content (AvgIpc) is 2.42. The van der Waals surface area contributed by atoms with Gasteiger partial charge in [-0.05, 0) is 28.9 Å². The molecule has 0 atom stereocenters. The minimum absolute atomic E-state index is 0.118. The number of amides is 2. The Balaban J connectivity index is 5.88. The van der Waals surface area contributed by atoms with Gasteiger partial charge in [0.2, 0.25) is 6.41 Å². The van der Waals surface area contributed by atoms with Crippen LogP contribution in [0.2, 0.25) is 0 Å². The quantitative estimate of drug-likeness (QED) is 0.301. The highest BCUT2D eigenvalue weighted by atomic mass is 79.9. The van der Waals surface area contributed by atoms with Crippen molar-refractivity contribution in [2.75, 3.05) is 14.2 Å². The van der Waals surface area contributed by atoms with Crippen LogP contribution in [0.3, 0.4) is 0 Å². The van der Waals surface area contributed by atoms with Gasteiger partial charge in [-0.25, -0.2) is 0 Å². The van der Waals surface area contributed by atoms with Crippen LogP contribution in [0, 0.1) is 0 Å². The summed E-state index contributed by atoms with van der Waals surface area (Å²) in [5.41, 5.74) is -2.06. The monoisotopic (exact) mass is 412 g/mol. The Morgan fingerprint density at radius 2 is 1.61 bits per heavy atom. The van der Waals surface area contributed by atoms with E-state index in [1.807, 2.05) is 0 Å². The van der Waals surface area contributed by atoms with Gasteiger partial charge in [0, 0.05) is 17.2 Å². The van der Waals surface area contributed by atoms with Gasteiger partial charge < -0.3 is 4.90 Å². The van der Waals surface area contributed by atoms with E-state index in [-0.39, 0.29) is 16.4 Å². The van der Waals surface area contributed by atoms with Gasteiger partial charge >= 0.3 is 18.3 Å². The number of hydrogen-bond donors (Lipinski definition) is 0. The minimum Gasteiger partial charge on any atom is -0.311 e. The zero-order valence-corrected chi connectivity index (χ0v) is 13.5. The Morgan fingerprint density at radius 3 is 1.91 bits per heavy atom. The molecule has 0 rings (SSSR count). The maximum absolute atomic E-state index is 12.9. The SMILES string of the molecule is CON(C=O)/C(=C\C(Br)=C(/C)N(C)C(=O)C(F)(F)F)C(F)(F)F. The summed E-state index contributed by atoms with van der Waals surface area (Å²) in [6.07, 6.45) is -10.2. The van der Waals surface area contributed by atoms with Crippen LogP contribution in [-0.4, -0.2) is 48.8 Å². The Morgan fingerprint density at radius 1 is 1.13 bits per heavy atom. The largest absolute Gasteiger partial charge is 0.471 e. The second kappa shape index (κ2) is 7.81. The van der Waals surface area contributed by atoms with Crippen molar-refractivity contribution < 1.29 is 40.8 Å². The fourth-order valence-corrected chi connectivity index (χ4v) is 1.68. The van der Waals surface area contributed by atoms with Crippen LogP contribution in [-0.2, 0) is 14.4 Å². The molecule has 0 fully saturated rings. The van der Waals surface area contributed by atoms with Crippen molar-refractivity contribution in [3.63, 3.8) is 0 Å². The Hall–Kier alpha value is -1.56. The smallest absolute Gasteiger partial charge is 0.311 e. The first-order valence-electron chi connectivity index (χ1n) is 5.56. The molecule has 0 N–H and O–H groups in total. The molecule has 0 aromatic rings. The van der Waals surface area contributed by atoms with Crippen molar-refractivity contribution >= 4 is 28.2 Å². The molecular weight excluding hydrogens is 402 g/mol. The van der Waals surface area contributed by atoms with Gasteiger partial charge in [-0.1, -0.05) is 0 Å². The molecule has 0 saturated heterocycles. The van der Waals surface area contributed by atoms with Gasteiger partial charge in [-0.3, -0.25) is 14.4 Å². The summed E-state index contributed by atoms with van der Waals surface area (Å²) in [5.74, 6) is -2.27. The molecule has 0 aromatic heterocycles. The van der Waals surface area contributed by atoms with Crippen molar-refractivity contribution in [3.8, 4) is 0 Å². The molecule has 0 saturated carbocycles. The van der Waals surface area contributed by atoms with E-state index in [0.29, 0.717) is 6.08 Å². The van der Waals surface area contributed by atoms with E-state index in [4.69, 9.17) is 0 Å². The molecule has 0 bridgehead atoms. The summed E-state index contributed by atoms with van der Waals surface area (Å²) in [5, 5.41) is -0.167. The molecule has 2 amide bonds. The standard InChI is InChI=1S/C11H11BrF6N2O3/c1-6(19(2)9(22)11(16,17)18)7(12)4-8(10(13,14)15)20(5-21)23-3/h4-5H,1-3H3/b7-6-,8-4-. The first-order valence-corrected chi connectivity index (χ1v) is 6.35. The van der Waals surface area contributed by atoms with E-state index in [9.17, 15) is 35.9 Å². The van der Waals surface area contributed by atoms with Gasteiger partial charge in [0.25, 0.3) is 0 Å². The molecule has 5 nitrogen and oxygen atoms in total. The average molecular weight is 413 g/mol. The second-order valence-electron chi connectivity index (χ2n) is 3.94. The number of hydrogen-bond acceptors (Lipinski definition) is 3. The fourth-order valence-electron chi connectivity index (χ4n) is 1.20. The molecule has 0 aliphatic carbocycles. The molecule has 0 radical (unpaired) electrons. The third-order valence-corrected chi connectivity index (χ3v) is 3.28. The predicted octanol–water partition coefficient (Wildman–Crippen LogP) is 3.10. The lowest BCUT2D eigenvalue weighted by Gasteiger charge is -2.22. The first-order chi connectivity index (χ1) is 10.3. The summed E-state index contributed by atoms with van der Waals surface area (Å²) in [7, 11) is 1.53. The summed E-state index contributed by atoms with van der Waals surface area (Å²) < 4.78 is 75.0. The molecule has 23 heavy (non-hydrogen) atoms. The van der Waals surface area contributed by atoms with Gasteiger partial charge in [0.1, 0.15) is 0 Å². The van der Waals surface area contributed by atoms with Crippen LogP contribution >= 0.6 is 15.9 Å². The predicted molar refractivity (Wildman–Crippen MR) is 69.5 cm³/mol. The van der Waals surface area contributed by atoms with Gasteiger partial charge in [0.05, 0.1) is 7.11 Å². The Labute approximate surface area is 135 Å². The van der Waals surface area contributed by atoms with E-state index >= 15 is 0 Å². The zero-order chi connectivity index (χ0) is 18.6. The van der Waals surface area contributed by atoms with Crippen LogP contribution in [0.4, 0.5) is 26.3 Å². The summed E-state index contributed by atoms with van der Waals surface area (Å²) in [4.78, 5) is 25.9. The van der Waals surface area contributed by atoms with Crippen LogP contribution in [0.25, 0.3) is 0 Å². The molecule has 0 aromatic carbocycles. The lowest BCUT2D eigenvalue weighted by Crippen LogP contribution is -2.37. The summed E-state index contributed by atoms with van der Waals surface area (Å²) in [6, 6.07) is 0. The molecule has 12 heteroatoms. The second-order valence-corrected chi connectivity index (χ2v) is 4.79. The molecule has 0 aliphatic heterocycles. The van der Waals surface area contributed by atoms with Crippen LogP contribution < -0.4 is 0 Å². The van der Waals surface area contributed by atoms with E-state index in [1.165, 1.54) is 0 Å².